The molecule has 0 aliphatic heterocycles. The maximum absolute atomic E-state index is 12.0. The zero-order valence-corrected chi connectivity index (χ0v) is 15.5. The summed E-state index contributed by atoms with van der Waals surface area (Å²) in [5.74, 6) is 0.578. The fourth-order valence-corrected chi connectivity index (χ4v) is 2.23. The molecule has 0 bridgehead atoms. The van der Waals surface area contributed by atoms with Gasteiger partial charge in [0.1, 0.15) is 11.4 Å². The molecule has 138 valence electrons. The Morgan fingerprint density at radius 3 is 2.23 bits per heavy atom. The highest BCUT2D eigenvalue weighted by molar-refractivity contribution is 5.97. The van der Waals surface area contributed by atoms with Gasteiger partial charge in [0.05, 0.1) is 0 Å². The van der Waals surface area contributed by atoms with E-state index in [1.54, 1.807) is 12.1 Å². The Hall–Kier alpha value is -2.82. The highest BCUT2D eigenvalue weighted by atomic mass is 16.6. The van der Waals surface area contributed by atoms with E-state index in [1.807, 2.05) is 63.2 Å². The molecular formula is C21H25NO4. The lowest BCUT2D eigenvalue weighted by Crippen LogP contribution is -2.33. The van der Waals surface area contributed by atoms with Crippen molar-refractivity contribution in [3.8, 4) is 5.75 Å². The number of Topliss-reactive ketones (excluding diaryl/α,β-unsaturated/α-hetero) is 1. The molecule has 26 heavy (non-hydrogen) atoms. The molecule has 0 aliphatic rings. The van der Waals surface area contributed by atoms with E-state index < -0.39 is 11.7 Å². The average Bonchev–Trinajstić information content (AvgIpc) is 2.60. The third-order valence-electron chi connectivity index (χ3n) is 3.47. The van der Waals surface area contributed by atoms with Gasteiger partial charge in [0.25, 0.3) is 0 Å². The average molecular weight is 355 g/mol. The minimum atomic E-state index is -0.500. The molecule has 1 N–H and O–H groups in total. The van der Waals surface area contributed by atoms with Crippen molar-refractivity contribution in [1.82, 2.24) is 5.32 Å². The number of benzene rings is 2. The summed E-state index contributed by atoms with van der Waals surface area (Å²) in [4.78, 5) is 23.6. The minimum absolute atomic E-state index is 0.00353. The number of hydrogen-bond donors (Lipinski definition) is 1. The van der Waals surface area contributed by atoms with Crippen LogP contribution in [0, 0.1) is 0 Å². The fraction of sp³-hybridized carbons (Fsp3) is 0.333. The largest absolute Gasteiger partial charge is 0.485 e. The molecule has 5 heteroatoms. The monoisotopic (exact) mass is 355 g/mol. The summed E-state index contributed by atoms with van der Waals surface area (Å²) < 4.78 is 10.7. The molecule has 2 aromatic rings. The van der Waals surface area contributed by atoms with Crippen molar-refractivity contribution in [2.45, 2.75) is 32.8 Å². The Labute approximate surface area is 154 Å². The molecular weight excluding hydrogens is 330 g/mol. The number of ketones is 1. The van der Waals surface area contributed by atoms with Gasteiger partial charge < -0.3 is 14.8 Å². The third-order valence-corrected chi connectivity index (χ3v) is 3.47. The standard InChI is InChI=1S/C21H25NO4/c1-21(2,3)26-20(24)22-14-13-16-9-11-18(12-10-16)25-15-19(23)17-7-5-4-6-8-17/h4-12H,13-15H2,1-3H3,(H,22,24). The van der Waals surface area contributed by atoms with Gasteiger partial charge in [-0.2, -0.15) is 0 Å². The van der Waals surface area contributed by atoms with Crippen molar-refractivity contribution < 1.29 is 19.1 Å². The minimum Gasteiger partial charge on any atom is -0.485 e. The van der Waals surface area contributed by atoms with E-state index in [1.165, 1.54) is 0 Å². The first kappa shape index (κ1) is 19.5. The Balaban J connectivity index is 1.74. The predicted octanol–water partition coefficient (Wildman–Crippen LogP) is 4.02. The molecule has 0 saturated carbocycles. The Morgan fingerprint density at radius 1 is 0.962 bits per heavy atom. The van der Waals surface area contributed by atoms with Crippen molar-refractivity contribution >= 4 is 11.9 Å². The quantitative estimate of drug-likeness (QED) is 0.762. The number of nitrogens with one attached hydrogen (secondary N) is 1. The lowest BCUT2D eigenvalue weighted by Gasteiger charge is -2.19. The van der Waals surface area contributed by atoms with Crippen LogP contribution in [-0.4, -0.2) is 30.6 Å². The second kappa shape index (κ2) is 9.04. The van der Waals surface area contributed by atoms with Gasteiger partial charge in [-0.3, -0.25) is 4.79 Å². The second-order valence-corrected chi connectivity index (χ2v) is 6.90. The zero-order chi connectivity index (χ0) is 19.0. The SMILES string of the molecule is CC(C)(C)OC(=O)NCCc1ccc(OCC(=O)c2ccccc2)cc1. The normalized spacial score (nSPS) is 10.9. The van der Waals surface area contributed by atoms with Gasteiger partial charge in [-0.15, -0.1) is 0 Å². The number of hydrogen-bond acceptors (Lipinski definition) is 4. The lowest BCUT2D eigenvalue weighted by atomic mass is 10.1. The van der Waals surface area contributed by atoms with E-state index in [0.29, 0.717) is 24.3 Å². The molecule has 1 amide bonds. The van der Waals surface area contributed by atoms with Crippen molar-refractivity contribution in [3.63, 3.8) is 0 Å². The third kappa shape index (κ3) is 6.97. The summed E-state index contributed by atoms with van der Waals surface area (Å²) in [7, 11) is 0. The highest BCUT2D eigenvalue weighted by Gasteiger charge is 2.15. The van der Waals surface area contributed by atoms with Gasteiger partial charge in [-0.25, -0.2) is 4.79 Å². The van der Waals surface area contributed by atoms with Gasteiger partial charge in [-0.05, 0) is 44.9 Å². The van der Waals surface area contributed by atoms with Crippen LogP contribution in [0.15, 0.2) is 54.6 Å². The van der Waals surface area contributed by atoms with Crippen LogP contribution in [-0.2, 0) is 11.2 Å². The van der Waals surface area contributed by atoms with Gasteiger partial charge in [-0.1, -0.05) is 42.5 Å². The van der Waals surface area contributed by atoms with Gasteiger partial charge in [0.15, 0.2) is 12.4 Å². The maximum atomic E-state index is 12.0. The smallest absolute Gasteiger partial charge is 0.407 e. The predicted molar refractivity (Wildman–Crippen MR) is 101 cm³/mol. The molecule has 2 aromatic carbocycles. The van der Waals surface area contributed by atoms with Crippen molar-refractivity contribution in [1.29, 1.82) is 0 Å². The zero-order valence-electron chi connectivity index (χ0n) is 15.5. The van der Waals surface area contributed by atoms with E-state index in [0.717, 1.165) is 5.56 Å². The molecule has 0 fully saturated rings. The van der Waals surface area contributed by atoms with E-state index >= 15 is 0 Å². The molecule has 2 rings (SSSR count). The van der Waals surface area contributed by atoms with Crippen LogP contribution in [0.2, 0.25) is 0 Å². The first-order chi connectivity index (χ1) is 12.3. The first-order valence-electron chi connectivity index (χ1n) is 8.60. The van der Waals surface area contributed by atoms with Crippen LogP contribution in [0.1, 0.15) is 36.7 Å². The second-order valence-electron chi connectivity index (χ2n) is 6.90. The number of rotatable bonds is 7. The summed E-state index contributed by atoms with van der Waals surface area (Å²) in [6.07, 6.45) is 0.263. The van der Waals surface area contributed by atoms with Gasteiger partial charge >= 0.3 is 6.09 Å². The van der Waals surface area contributed by atoms with Crippen LogP contribution in [0.4, 0.5) is 4.79 Å². The number of amides is 1. The molecule has 0 radical (unpaired) electrons. The van der Waals surface area contributed by atoms with E-state index in [9.17, 15) is 9.59 Å². The van der Waals surface area contributed by atoms with E-state index in [4.69, 9.17) is 9.47 Å². The van der Waals surface area contributed by atoms with Gasteiger partial charge in [0.2, 0.25) is 0 Å². The summed E-state index contributed by atoms with van der Waals surface area (Å²) in [5, 5.41) is 2.72. The van der Waals surface area contributed by atoms with Crippen LogP contribution in [0.5, 0.6) is 5.75 Å². The lowest BCUT2D eigenvalue weighted by molar-refractivity contribution is 0.0528. The van der Waals surface area contributed by atoms with Crippen molar-refractivity contribution in [2.24, 2.45) is 0 Å². The molecule has 0 saturated heterocycles. The summed E-state index contributed by atoms with van der Waals surface area (Å²) >= 11 is 0. The van der Waals surface area contributed by atoms with E-state index in [-0.39, 0.29) is 12.4 Å². The van der Waals surface area contributed by atoms with Crippen LogP contribution in [0.25, 0.3) is 0 Å². The summed E-state index contributed by atoms with van der Waals surface area (Å²) in [6, 6.07) is 16.5. The van der Waals surface area contributed by atoms with Crippen molar-refractivity contribution in [2.75, 3.05) is 13.2 Å². The molecule has 0 heterocycles. The first-order valence-corrected chi connectivity index (χ1v) is 8.60. The Morgan fingerprint density at radius 2 is 1.62 bits per heavy atom. The molecule has 0 unspecified atom stereocenters. The molecule has 0 spiro atoms. The maximum Gasteiger partial charge on any atom is 0.407 e. The van der Waals surface area contributed by atoms with E-state index in [2.05, 4.69) is 5.32 Å². The van der Waals surface area contributed by atoms with Crippen LogP contribution < -0.4 is 10.1 Å². The number of alkyl carbamates (subject to hydrolysis) is 1. The number of ether oxygens (including phenoxy) is 2. The van der Waals surface area contributed by atoms with Crippen molar-refractivity contribution in [3.05, 3.63) is 65.7 Å². The van der Waals surface area contributed by atoms with Crippen LogP contribution in [0.3, 0.4) is 0 Å². The Kier molecular flexibility index (Phi) is 6.78. The number of carbonyl (C=O) groups excluding carboxylic acids is 2. The number of carbonyl (C=O) groups is 2. The summed E-state index contributed by atoms with van der Waals surface area (Å²) in [5.41, 5.74) is 1.19. The fourth-order valence-electron chi connectivity index (χ4n) is 2.23. The van der Waals surface area contributed by atoms with Gasteiger partial charge in [0, 0.05) is 12.1 Å². The van der Waals surface area contributed by atoms with Crippen LogP contribution >= 0.6 is 0 Å². The Bertz CT molecular complexity index is 718. The molecule has 0 atom stereocenters. The molecule has 5 nitrogen and oxygen atoms in total. The topological polar surface area (TPSA) is 64.6 Å². The molecule has 0 aliphatic carbocycles. The summed E-state index contributed by atoms with van der Waals surface area (Å²) in [6.45, 7) is 5.97. The highest BCUT2D eigenvalue weighted by Crippen LogP contribution is 2.13. The molecule has 0 aromatic heterocycles.